The molecule has 0 heterocycles. The maximum atomic E-state index is 12.7. The van der Waals surface area contributed by atoms with Gasteiger partial charge in [-0.3, -0.25) is 0 Å². The molecule has 0 fully saturated rings. The SMILES string of the molecule is CC.CCCCCCC(C)CC.CC\C=C(N)/N=C(C)\C(=C(\C)CC)c1[c-]cc(C(F)(F)F)cc1.[U]. The summed E-state index contributed by atoms with van der Waals surface area (Å²) in [4.78, 5) is 4.34. The first-order chi connectivity index (χ1) is 16.5. The van der Waals surface area contributed by atoms with E-state index in [1.54, 1.807) is 13.0 Å². The summed E-state index contributed by atoms with van der Waals surface area (Å²) in [5.74, 6) is 1.36. The maximum Gasteiger partial charge on any atom is 0.381 e. The number of alkyl halides is 3. The number of rotatable bonds is 11. The minimum Gasteiger partial charge on any atom is -0.384 e. The predicted molar refractivity (Wildman–Crippen MR) is 148 cm³/mol. The minimum absolute atomic E-state index is 0. The molecule has 206 valence electrons. The van der Waals surface area contributed by atoms with Crippen LogP contribution in [0.25, 0.3) is 5.57 Å². The number of halogens is 3. The Morgan fingerprint density at radius 1 is 1.06 bits per heavy atom. The summed E-state index contributed by atoms with van der Waals surface area (Å²) in [6, 6.07) is 6.18. The molecule has 1 atom stereocenters. The van der Waals surface area contributed by atoms with Crippen LogP contribution in [0.3, 0.4) is 0 Å². The first-order valence-corrected chi connectivity index (χ1v) is 13.3. The van der Waals surface area contributed by atoms with Crippen LogP contribution in [0, 0.1) is 43.1 Å². The average Bonchev–Trinajstić information content (AvgIpc) is 2.83. The summed E-state index contributed by atoms with van der Waals surface area (Å²) < 4.78 is 38.0. The first-order valence-electron chi connectivity index (χ1n) is 13.3. The van der Waals surface area contributed by atoms with Crippen molar-refractivity contribution in [3.63, 3.8) is 0 Å². The molecule has 0 aliphatic carbocycles. The van der Waals surface area contributed by atoms with Crippen molar-refractivity contribution in [2.45, 2.75) is 120 Å². The Balaban J connectivity index is -0.000000708. The molecule has 2 nitrogen and oxygen atoms in total. The van der Waals surface area contributed by atoms with Gasteiger partial charge in [-0.05, 0) is 37.3 Å². The Morgan fingerprint density at radius 2 is 1.67 bits per heavy atom. The molecular weight excluding hydrogens is 683 g/mol. The molecule has 0 amide bonds. The van der Waals surface area contributed by atoms with Crippen LogP contribution in [0.15, 0.2) is 40.7 Å². The van der Waals surface area contributed by atoms with Gasteiger partial charge in [-0.25, -0.2) is 4.99 Å². The van der Waals surface area contributed by atoms with E-state index in [4.69, 9.17) is 5.73 Å². The second-order valence-corrected chi connectivity index (χ2v) is 8.59. The molecule has 0 spiro atoms. The number of allylic oxidation sites excluding steroid dienone is 3. The fraction of sp³-hybridized carbons (Fsp3) is 0.633. The Bertz CT molecular complexity index is 763. The quantitative estimate of drug-likeness (QED) is 0.137. The van der Waals surface area contributed by atoms with Crippen LogP contribution in [-0.2, 0) is 6.18 Å². The van der Waals surface area contributed by atoms with Crippen LogP contribution in [0.5, 0.6) is 0 Å². The molecule has 0 bridgehead atoms. The minimum atomic E-state index is -4.36. The van der Waals surface area contributed by atoms with E-state index in [2.05, 4.69) is 31.8 Å². The normalized spacial score (nSPS) is 13.3. The van der Waals surface area contributed by atoms with Crippen molar-refractivity contribution in [1.29, 1.82) is 0 Å². The summed E-state index contributed by atoms with van der Waals surface area (Å²) >= 11 is 0. The summed E-state index contributed by atoms with van der Waals surface area (Å²) in [6.45, 7) is 18.6. The fourth-order valence-corrected chi connectivity index (χ4v) is 3.30. The summed E-state index contributed by atoms with van der Waals surface area (Å²) in [6.07, 6.45) is 7.42. The number of aliphatic imine (C=N–C) groups is 1. The fourth-order valence-electron chi connectivity index (χ4n) is 3.30. The van der Waals surface area contributed by atoms with E-state index in [1.165, 1.54) is 44.6 Å². The molecule has 36 heavy (non-hydrogen) atoms. The van der Waals surface area contributed by atoms with Gasteiger partial charge in [0.15, 0.2) is 0 Å². The monoisotopic (exact) mass is 733 g/mol. The topological polar surface area (TPSA) is 38.4 Å². The molecule has 6 heteroatoms. The number of unbranched alkanes of at least 4 members (excludes halogenated alkanes) is 3. The molecule has 0 aromatic heterocycles. The third-order valence-electron chi connectivity index (χ3n) is 5.69. The standard InChI is InChI=1S/C18H22F3N2.C10H22.C2H6.U/c1-5-7-16(22)23-13(4)17(12(3)6-2)14-8-10-15(11-9-14)18(19,20)21;1-4-6-7-8-9-10(3)5-2;1-2;/h7-8,10-11H,5-6,22H2,1-4H3;10H,4-9H2,1-3H3;1-2H3;/q-1;;;/b16-7-,17-12+,23-13-;;;. The van der Waals surface area contributed by atoms with Crippen molar-refractivity contribution < 1.29 is 44.3 Å². The molecule has 0 aliphatic rings. The van der Waals surface area contributed by atoms with Crippen molar-refractivity contribution in [2.75, 3.05) is 0 Å². The van der Waals surface area contributed by atoms with Crippen LogP contribution in [-0.4, -0.2) is 5.71 Å². The molecule has 0 aliphatic heterocycles. The van der Waals surface area contributed by atoms with Crippen LogP contribution >= 0.6 is 0 Å². The van der Waals surface area contributed by atoms with Gasteiger partial charge >= 0.3 is 6.18 Å². The van der Waals surface area contributed by atoms with Gasteiger partial charge in [-0.2, -0.15) is 13.2 Å². The number of nitrogens with two attached hydrogens (primary N) is 1. The molecule has 0 saturated carbocycles. The Hall–Kier alpha value is -0.988. The van der Waals surface area contributed by atoms with E-state index >= 15 is 0 Å². The largest absolute Gasteiger partial charge is 0.384 e. The Morgan fingerprint density at radius 3 is 2.08 bits per heavy atom. The van der Waals surface area contributed by atoms with E-state index in [-0.39, 0.29) is 31.1 Å². The molecule has 1 aromatic rings. The molecule has 0 saturated heterocycles. The second kappa shape index (κ2) is 23.2. The van der Waals surface area contributed by atoms with Crippen LogP contribution in [0.4, 0.5) is 13.2 Å². The van der Waals surface area contributed by atoms with E-state index in [0.29, 0.717) is 17.1 Å². The number of hydrogen-bond acceptors (Lipinski definition) is 2. The molecular formula is C30H50F3N2U-. The summed E-state index contributed by atoms with van der Waals surface area (Å²) in [7, 11) is 0. The van der Waals surface area contributed by atoms with Crippen molar-refractivity contribution in [3.8, 4) is 0 Å². The third-order valence-corrected chi connectivity index (χ3v) is 5.69. The van der Waals surface area contributed by atoms with Gasteiger partial charge in [0.2, 0.25) is 0 Å². The zero-order valence-corrected chi connectivity index (χ0v) is 28.4. The summed E-state index contributed by atoms with van der Waals surface area (Å²) in [5.41, 5.74) is 8.16. The smallest absolute Gasteiger partial charge is 0.381 e. The number of hydrogen-bond donors (Lipinski definition) is 1. The van der Waals surface area contributed by atoms with Gasteiger partial charge in [-0.1, -0.05) is 99.5 Å². The molecule has 2 N–H and O–H groups in total. The molecule has 1 rings (SSSR count). The van der Waals surface area contributed by atoms with E-state index in [0.717, 1.165) is 42.0 Å². The van der Waals surface area contributed by atoms with E-state index < -0.39 is 11.7 Å². The Labute approximate surface area is 243 Å². The second-order valence-electron chi connectivity index (χ2n) is 8.59. The van der Waals surface area contributed by atoms with Gasteiger partial charge in [0.1, 0.15) is 5.82 Å². The van der Waals surface area contributed by atoms with Gasteiger partial charge in [0.05, 0.1) is 0 Å². The van der Waals surface area contributed by atoms with Crippen molar-refractivity contribution in [1.82, 2.24) is 0 Å². The van der Waals surface area contributed by atoms with E-state index in [1.807, 2.05) is 34.6 Å². The van der Waals surface area contributed by atoms with Crippen LogP contribution in [0.1, 0.15) is 125 Å². The average molecular weight is 734 g/mol. The molecule has 1 unspecified atom stereocenters. The zero-order valence-electron chi connectivity index (χ0n) is 24.2. The first kappa shape index (κ1) is 39.5. The van der Waals surface area contributed by atoms with Crippen molar-refractivity contribution >= 4 is 11.3 Å². The van der Waals surface area contributed by atoms with Gasteiger partial charge in [0.25, 0.3) is 0 Å². The van der Waals surface area contributed by atoms with Crippen molar-refractivity contribution in [3.05, 3.63) is 52.9 Å². The summed E-state index contributed by atoms with van der Waals surface area (Å²) in [5, 5.41) is 0. The van der Waals surface area contributed by atoms with Gasteiger partial charge < -0.3 is 5.73 Å². The van der Waals surface area contributed by atoms with Crippen LogP contribution < -0.4 is 5.73 Å². The van der Waals surface area contributed by atoms with Crippen molar-refractivity contribution in [2.24, 2.45) is 16.6 Å². The zero-order chi connectivity index (χ0) is 27.4. The number of benzene rings is 1. The molecule has 0 radical (unpaired) electrons. The molecule has 1 aromatic carbocycles. The van der Waals surface area contributed by atoms with Gasteiger partial charge in [-0.15, -0.1) is 35.4 Å². The number of nitrogens with zero attached hydrogens (tertiary/aromatic N) is 1. The maximum absolute atomic E-state index is 12.7. The van der Waals surface area contributed by atoms with E-state index in [9.17, 15) is 13.2 Å². The predicted octanol–water partition coefficient (Wildman–Crippen LogP) is 10.4. The third kappa shape index (κ3) is 17.5. The van der Waals surface area contributed by atoms with Crippen LogP contribution in [0.2, 0.25) is 0 Å². The van der Waals surface area contributed by atoms with Gasteiger partial charge in [0, 0.05) is 36.8 Å². The Kier molecular flexibility index (Phi) is 25.4.